The van der Waals surface area contributed by atoms with E-state index in [0.29, 0.717) is 0 Å². The number of hydrogen-bond donors (Lipinski definition) is 3. The number of nitrogens with two attached hydrogens (primary N) is 1. The van der Waals surface area contributed by atoms with Crippen molar-refractivity contribution in [3.05, 3.63) is 0 Å². The Kier molecular flexibility index (Phi) is 5.57. The number of ether oxygens (including phenoxy) is 3. The molecular weight excluding hydrogens is 262 g/mol. The zero-order chi connectivity index (χ0) is 15.7. The minimum Gasteiger partial charge on any atom is -0.394 e. The van der Waals surface area contributed by atoms with Crippen LogP contribution in [-0.2, 0) is 14.2 Å². The van der Waals surface area contributed by atoms with Gasteiger partial charge >= 0.3 is 0 Å². The van der Waals surface area contributed by atoms with E-state index >= 15 is 0 Å². The molecule has 0 aromatic heterocycles. The molecule has 0 spiro atoms. The molecular formula is C14H29NO5. The lowest BCUT2D eigenvalue weighted by Crippen LogP contribution is -2.65. The summed E-state index contributed by atoms with van der Waals surface area (Å²) >= 11 is 0. The Morgan fingerprint density at radius 1 is 1.05 bits per heavy atom. The average molecular weight is 291 g/mol. The van der Waals surface area contributed by atoms with Gasteiger partial charge in [0.25, 0.3) is 0 Å². The molecule has 1 heterocycles. The molecule has 0 aromatic rings. The predicted molar refractivity (Wildman–Crippen MR) is 75.2 cm³/mol. The number of aliphatic hydroxyl groups excluding tert-OH is 2. The van der Waals surface area contributed by atoms with Gasteiger partial charge in [0.05, 0.1) is 23.9 Å². The van der Waals surface area contributed by atoms with Crippen LogP contribution in [0.4, 0.5) is 0 Å². The van der Waals surface area contributed by atoms with E-state index in [-0.39, 0.29) is 6.61 Å². The van der Waals surface area contributed by atoms with Crippen molar-refractivity contribution in [3.63, 3.8) is 0 Å². The second kappa shape index (κ2) is 6.25. The van der Waals surface area contributed by atoms with Crippen LogP contribution in [0.2, 0.25) is 0 Å². The summed E-state index contributed by atoms with van der Waals surface area (Å²) in [5.74, 6) is 0. The van der Waals surface area contributed by atoms with Gasteiger partial charge in [0.15, 0.2) is 6.29 Å². The molecule has 0 saturated carbocycles. The van der Waals surface area contributed by atoms with E-state index in [1.807, 2.05) is 41.5 Å². The van der Waals surface area contributed by atoms with E-state index in [9.17, 15) is 10.2 Å². The third-order valence-corrected chi connectivity index (χ3v) is 2.86. The molecule has 6 heteroatoms. The van der Waals surface area contributed by atoms with Crippen molar-refractivity contribution >= 4 is 0 Å². The van der Waals surface area contributed by atoms with E-state index in [1.165, 1.54) is 0 Å². The van der Waals surface area contributed by atoms with Crippen LogP contribution >= 0.6 is 0 Å². The first kappa shape index (κ1) is 17.8. The Labute approximate surface area is 121 Å². The highest BCUT2D eigenvalue weighted by atomic mass is 16.7. The molecule has 20 heavy (non-hydrogen) atoms. The molecule has 5 atom stereocenters. The van der Waals surface area contributed by atoms with Gasteiger partial charge in [-0.2, -0.15) is 0 Å². The summed E-state index contributed by atoms with van der Waals surface area (Å²) < 4.78 is 17.1. The monoisotopic (exact) mass is 291 g/mol. The van der Waals surface area contributed by atoms with Gasteiger partial charge in [-0.15, -0.1) is 0 Å². The van der Waals surface area contributed by atoms with Crippen LogP contribution in [0.25, 0.3) is 0 Å². The average Bonchev–Trinajstić information content (AvgIpc) is 2.25. The lowest BCUT2D eigenvalue weighted by Gasteiger charge is -2.46. The molecule has 0 aromatic carbocycles. The van der Waals surface area contributed by atoms with Crippen LogP contribution in [0.15, 0.2) is 0 Å². The van der Waals surface area contributed by atoms with Crippen molar-refractivity contribution in [2.24, 2.45) is 5.73 Å². The quantitative estimate of drug-likeness (QED) is 0.696. The summed E-state index contributed by atoms with van der Waals surface area (Å²) in [6.45, 7) is 11.0. The number of aliphatic hydroxyl groups is 2. The lowest BCUT2D eigenvalue weighted by molar-refractivity contribution is -0.305. The Morgan fingerprint density at radius 2 is 1.55 bits per heavy atom. The van der Waals surface area contributed by atoms with Crippen LogP contribution in [0.3, 0.4) is 0 Å². The fourth-order valence-corrected chi connectivity index (χ4v) is 2.10. The second-order valence-corrected chi connectivity index (χ2v) is 7.22. The van der Waals surface area contributed by atoms with Crippen molar-refractivity contribution in [1.82, 2.24) is 0 Å². The molecule has 120 valence electrons. The van der Waals surface area contributed by atoms with Crippen LogP contribution in [-0.4, -0.2) is 58.7 Å². The maximum absolute atomic E-state index is 10.3. The Morgan fingerprint density at radius 3 is 1.95 bits per heavy atom. The van der Waals surface area contributed by atoms with Crippen molar-refractivity contribution in [2.45, 2.75) is 83.4 Å². The molecule has 1 saturated heterocycles. The normalized spacial score (nSPS) is 36.1. The summed E-state index contributed by atoms with van der Waals surface area (Å²) in [5, 5.41) is 19.8. The van der Waals surface area contributed by atoms with Crippen LogP contribution in [0, 0.1) is 0 Å². The molecule has 0 bridgehead atoms. The Hall–Kier alpha value is -0.240. The second-order valence-electron chi connectivity index (χ2n) is 7.22. The van der Waals surface area contributed by atoms with E-state index in [1.54, 1.807) is 0 Å². The highest BCUT2D eigenvalue weighted by Gasteiger charge is 2.46. The van der Waals surface area contributed by atoms with E-state index in [0.717, 1.165) is 0 Å². The SMILES string of the molecule is CC(C)(C)OC1OC(CO)C(OC(C)(C)C)C(O)C1N. The Balaban J connectivity index is 2.84. The first-order chi connectivity index (χ1) is 8.94. The third-order valence-electron chi connectivity index (χ3n) is 2.86. The number of hydrogen-bond acceptors (Lipinski definition) is 6. The summed E-state index contributed by atoms with van der Waals surface area (Å²) in [7, 11) is 0. The zero-order valence-electron chi connectivity index (χ0n) is 13.3. The van der Waals surface area contributed by atoms with Gasteiger partial charge in [-0.3, -0.25) is 0 Å². The largest absolute Gasteiger partial charge is 0.394 e. The van der Waals surface area contributed by atoms with Gasteiger partial charge in [0.2, 0.25) is 0 Å². The highest BCUT2D eigenvalue weighted by Crippen LogP contribution is 2.28. The molecule has 0 aliphatic carbocycles. The van der Waals surface area contributed by atoms with Gasteiger partial charge < -0.3 is 30.2 Å². The molecule has 6 nitrogen and oxygen atoms in total. The van der Waals surface area contributed by atoms with Crippen molar-refractivity contribution in [2.75, 3.05) is 6.61 Å². The number of rotatable bonds is 3. The maximum atomic E-state index is 10.3. The van der Waals surface area contributed by atoms with Gasteiger partial charge in [-0.05, 0) is 41.5 Å². The summed E-state index contributed by atoms with van der Waals surface area (Å²) in [4.78, 5) is 0. The van der Waals surface area contributed by atoms with Crippen LogP contribution in [0.1, 0.15) is 41.5 Å². The zero-order valence-corrected chi connectivity index (χ0v) is 13.3. The van der Waals surface area contributed by atoms with E-state index < -0.39 is 41.8 Å². The predicted octanol–water partition coefficient (Wildman–Crippen LogP) is 0.391. The summed E-state index contributed by atoms with van der Waals surface area (Å²) in [5.41, 5.74) is 5.06. The maximum Gasteiger partial charge on any atom is 0.176 e. The Bertz CT molecular complexity index is 308. The van der Waals surface area contributed by atoms with Gasteiger partial charge in [0.1, 0.15) is 18.3 Å². The van der Waals surface area contributed by atoms with Crippen molar-refractivity contribution < 1.29 is 24.4 Å². The van der Waals surface area contributed by atoms with Gasteiger partial charge in [0, 0.05) is 0 Å². The third kappa shape index (κ3) is 4.95. The van der Waals surface area contributed by atoms with Crippen LogP contribution in [0.5, 0.6) is 0 Å². The van der Waals surface area contributed by atoms with Crippen LogP contribution < -0.4 is 5.73 Å². The molecule has 1 fully saturated rings. The van der Waals surface area contributed by atoms with Crippen molar-refractivity contribution in [1.29, 1.82) is 0 Å². The lowest BCUT2D eigenvalue weighted by atomic mass is 9.96. The molecule has 1 aliphatic rings. The molecule has 4 N–H and O–H groups in total. The fraction of sp³-hybridized carbons (Fsp3) is 1.00. The summed E-state index contributed by atoms with van der Waals surface area (Å²) in [6, 6.07) is -0.732. The van der Waals surface area contributed by atoms with Gasteiger partial charge in [-0.25, -0.2) is 0 Å². The topological polar surface area (TPSA) is 94.2 Å². The van der Waals surface area contributed by atoms with Crippen molar-refractivity contribution in [3.8, 4) is 0 Å². The molecule has 0 amide bonds. The molecule has 5 unspecified atom stereocenters. The molecule has 0 radical (unpaired) electrons. The fourth-order valence-electron chi connectivity index (χ4n) is 2.10. The minimum atomic E-state index is -0.965. The standard InChI is InChI=1S/C14H29NO5/c1-13(2,3)19-11-8(7-16)18-12(9(15)10(11)17)20-14(4,5)6/h8-12,16-17H,7,15H2,1-6H3. The first-order valence-corrected chi connectivity index (χ1v) is 7.00. The smallest absolute Gasteiger partial charge is 0.176 e. The molecule has 1 aliphatic heterocycles. The van der Waals surface area contributed by atoms with E-state index in [2.05, 4.69) is 0 Å². The first-order valence-electron chi connectivity index (χ1n) is 7.00. The van der Waals surface area contributed by atoms with E-state index in [4.69, 9.17) is 19.9 Å². The minimum absolute atomic E-state index is 0.269. The van der Waals surface area contributed by atoms with Gasteiger partial charge in [-0.1, -0.05) is 0 Å². The molecule has 1 rings (SSSR count). The highest BCUT2D eigenvalue weighted by molar-refractivity contribution is 4.94. The summed E-state index contributed by atoms with van der Waals surface area (Å²) in [6.07, 6.45) is -3.10.